The van der Waals surface area contributed by atoms with Crippen LogP contribution in [0.5, 0.6) is 5.88 Å². The van der Waals surface area contributed by atoms with Crippen molar-refractivity contribution >= 4 is 17.5 Å². The first-order valence-electron chi connectivity index (χ1n) is 7.44. The van der Waals surface area contributed by atoms with E-state index in [1.807, 2.05) is 30.3 Å². The Morgan fingerprint density at radius 3 is 2.74 bits per heavy atom. The Balaban J connectivity index is 1.52. The van der Waals surface area contributed by atoms with E-state index in [9.17, 15) is 9.59 Å². The number of rotatable bonds is 5. The minimum absolute atomic E-state index is 0.0899. The lowest BCUT2D eigenvalue weighted by Gasteiger charge is -2.11. The summed E-state index contributed by atoms with van der Waals surface area (Å²) in [5.41, 5.74) is 1.63. The number of nitrogens with zero attached hydrogens (tertiary/aromatic N) is 1. The van der Waals surface area contributed by atoms with Gasteiger partial charge in [0.15, 0.2) is 0 Å². The number of pyridine rings is 1. The van der Waals surface area contributed by atoms with E-state index < -0.39 is 6.04 Å². The minimum atomic E-state index is -0.462. The zero-order valence-corrected chi connectivity index (χ0v) is 12.5. The van der Waals surface area contributed by atoms with Gasteiger partial charge >= 0.3 is 0 Å². The quantitative estimate of drug-likeness (QED) is 0.883. The van der Waals surface area contributed by atoms with Gasteiger partial charge in [0.2, 0.25) is 17.7 Å². The normalized spacial score (nSPS) is 16.7. The Bertz CT molecular complexity index is 686. The molecule has 23 heavy (non-hydrogen) atoms. The molecule has 1 aliphatic rings. The monoisotopic (exact) mass is 311 g/mol. The van der Waals surface area contributed by atoms with Gasteiger partial charge in [-0.05, 0) is 18.1 Å². The largest absolute Gasteiger partial charge is 0.473 e. The SMILES string of the molecule is O=C1CCC(C(=O)Nc2ccc(OCc3ccccc3)nc2)N1. The summed E-state index contributed by atoms with van der Waals surface area (Å²) in [5, 5.41) is 5.36. The maximum atomic E-state index is 12.0. The smallest absolute Gasteiger partial charge is 0.247 e. The molecular formula is C17H17N3O3. The fourth-order valence-corrected chi connectivity index (χ4v) is 2.31. The van der Waals surface area contributed by atoms with Crippen LogP contribution in [0.1, 0.15) is 18.4 Å². The molecule has 118 valence electrons. The maximum absolute atomic E-state index is 12.0. The van der Waals surface area contributed by atoms with Crippen LogP contribution in [0.15, 0.2) is 48.7 Å². The second-order valence-corrected chi connectivity index (χ2v) is 5.31. The van der Waals surface area contributed by atoms with Crippen LogP contribution in [-0.4, -0.2) is 22.8 Å². The first kappa shape index (κ1) is 15.0. The summed E-state index contributed by atoms with van der Waals surface area (Å²) in [5.74, 6) is 0.171. The maximum Gasteiger partial charge on any atom is 0.247 e. The molecule has 6 heteroatoms. The third-order valence-corrected chi connectivity index (χ3v) is 3.55. The van der Waals surface area contributed by atoms with Crippen molar-refractivity contribution in [3.8, 4) is 5.88 Å². The highest BCUT2D eigenvalue weighted by molar-refractivity contribution is 5.98. The summed E-state index contributed by atoms with van der Waals surface area (Å²) >= 11 is 0. The molecule has 0 spiro atoms. The fourth-order valence-electron chi connectivity index (χ4n) is 2.31. The summed E-state index contributed by atoms with van der Waals surface area (Å²) in [6.45, 7) is 0.438. The molecule has 2 heterocycles. The lowest BCUT2D eigenvalue weighted by atomic mass is 10.2. The van der Waals surface area contributed by atoms with Crippen LogP contribution < -0.4 is 15.4 Å². The van der Waals surface area contributed by atoms with Gasteiger partial charge in [0.05, 0.1) is 11.9 Å². The van der Waals surface area contributed by atoms with Gasteiger partial charge < -0.3 is 15.4 Å². The van der Waals surface area contributed by atoms with Crippen molar-refractivity contribution in [2.24, 2.45) is 0 Å². The Morgan fingerprint density at radius 2 is 2.09 bits per heavy atom. The van der Waals surface area contributed by atoms with E-state index in [1.54, 1.807) is 12.1 Å². The molecule has 3 rings (SSSR count). The first-order valence-corrected chi connectivity index (χ1v) is 7.44. The summed E-state index contributed by atoms with van der Waals surface area (Å²) in [6.07, 6.45) is 2.45. The third kappa shape index (κ3) is 4.06. The Kier molecular flexibility index (Phi) is 4.52. The molecule has 1 atom stereocenters. The van der Waals surface area contributed by atoms with E-state index in [-0.39, 0.29) is 11.8 Å². The summed E-state index contributed by atoms with van der Waals surface area (Å²) in [6, 6.07) is 12.8. The van der Waals surface area contributed by atoms with Gasteiger partial charge in [0, 0.05) is 12.5 Å². The van der Waals surface area contributed by atoms with Gasteiger partial charge in [-0.25, -0.2) is 4.98 Å². The van der Waals surface area contributed by atoms with Crippen LogP contribution in [0.25, 0.3) is 0 Å². The predicted octanol–water partition coefficient (Wildman–Crippen LogP) is 1.88. The molecule has 1 unspecified atom stereocenters. The van der Waals surface area contributed by atoms with Gasteiger partial charge in [-0.15, -0.1) is 0 Å². The molecule has 1 aliphatic heterocycles. The van der Waals surface area contributed by atoms with E-state index in [0.717, 1.165) is 5.56 Å². The van der Waals surface area contributed by atoms with Gasteiger partial charge in [-0.3, -0.25) is 9.59 Å². The molecule has 0 radical (unpaired) electrons. The van der Waals surface area contributed by atoms with Crippen molar-refractivity contribution in [3.05, 3.63) is 54.2 Å². The van der Waals surface area contributed by atoms with Crippen LogP contribution in [0.3, 0.4) is 0 Å². The predicted molar refractivity (Wildman–Crippen MR) is 84.8 cm³/mol. The highest BCUT2D eigenvalue weighted by Crippen LogP contribution is 2.15. The van der Waals surface area contributed by atoms with Gasteiger partial charge in [-0.1, -0.05) is 30.3 Å². The number of benzene rings is 1. The van der Waals surface area contributed by atoms with E-state index in [2.05, 4.69) is 15.6 Å². The number of ether oxygens (including phenoxy) is 1. The number of anilines is 1. The lowest BCUT2D eigenvalue weighted by Crippen LogP contribution is -2.37. The number of carbonyl (C=O) groups excluding carboxylic acids is 2. The van der Waals surface area contributed by atoms with E-state index >= 15 is 0 Å². The van der Waals surface area contributed by atoms with Crippen molar-refractivity contribution in [3.63, 3.8) is 0 Å². The average Bonchev–Trinajstić information content (AvgIpc) is 3.02. The second kappa shape index (κ2) is 6.91. The van der Waals surface area contributed by atoms with Crippen molar-refractivity contribution in [2.75, 3.05) is 5.32 Å². The molecule has 1 saturated heterocycles. The zero-order chi connectivity index (χ0) is 16.1. The molecule has 1 aromatic carbocycles. The lowest BCUT2D eigenvalue weighted by molar-refractivity contribution is -0.122. The van der Waals surface area contributed by atoms with E-state index in [1.165, 1.54) is 6.20 Å². The molecular weight excluding hydrogens is 294 g/mol. The molecule has 0 bridgehead atoms. The zero-order valence-electron chi connectivity index (χ0n) is 12.5. The molecule has 1 aromatic heterocycles. The van der Waals surface area contributed by atoms with Crippen molar-refractivity contribution in [2.45, 2.75) is 25.5 Å². The molecule has 2 aromatic rings. The highest BCUT2D eigenvalue weighted by atomic mass is 16.5. The molecule has 2 N–H and O–H groups in total. The number of carbonyl (C=O) groups is 2. The summed E-state index contributed by atoms with van der Waals surface area (Å²) in [7, 11) is 0. The van der Waals surface area contributed by atoms with E-state index in [0.29, 0.717) is 31.0 Å². The Labute approximate surface area is 133 Å². The van der Waals surface area contributed by atoms with Crippen LogP contribution in [0.4, 0.5) is 5.69 Å². The van der Waals surface area contributed by atoms with Gasteiger partial charge in [0.1, 0.15) is 12.6 Å². The molecule has 6 nitrogen and oxygen atoms in total. The third-order valence-electron chi connectivity index (χ3n) is 3.55. The van der Waals surface area contributed by atoms with Gasteiger partial charge in [-0.2, -0.15) is 0 Å². The van der Waals surface area contributed by atoms with Crippen LogP contribution in [0.2, 0.25) is 0 Å². The molecule has 2 amide bonds. The number of nitrogens with one attached hydrogen (secondary N) is 2. The van der Waals surface area contributed by atoms with Gasteiger partial charge in [0.25, 0.3) is 0 Å². The number of hydrogen-bond donors (Lipinski definition) is 2. The Morgan fingerprint density at radius 1 is 1.26 bits per heavy atom. The van der Waals surface area contributed by atoms with Crippen LogP contribution in [0, 0.1) is 0 Å². The highest BCUT2D eigenvalue weighted by Gasteiger charge is 2.27. The Hall–Kier alpha value is -2.89. The molecule has 0 saturated carbocycles. The molecule has 0 aliphatic carbocycles. The second-order valence-electron chi connectivity index (χ2n) is 5.31. The van der Waals surface area contributed by atoms with Crippen molar-refractivity contribution in [1.82, 2.24) is 10.3 Å². The number of amides is 2. The topological polar surface area (TPSA) is 80.3 Å². The average molecular weight is 311 g/mol. The number of aromatic nitrogens is 1. The molecule has 1 fully saturated rings. The van der Waals surface area contributed by atoms with Crippen LogP contribution in [-0.2, 0) is 16.2 Å². The van der Waals surface area contributed by atoms with Crippen LogP contribution >= 0.6 is 0 Å². The van der Waals surface area contributed by atoms with Crippen molar-refractivity contribution in [1.29, 1.82) is 0 Å². The van der Waals surface area contributed by atoms with Crippen molar-refractivity contribution < 1.29 is 14.3 Å². The fraction of sp³-hybridized carbons (Fsp3) is 0.235. The summed E-state index contributed by atoms with van der Waals surface area (Å²) < 4.78 is 5.59. The standard InChI is InChI=1S/C17H17N3O3/c21-15-8-7-14(20-15)17(22)19-13-6-9-16(18-10-13)23-11-12-4-2-1-3-5-12/h1-6,9-10,14H,7-8,11H2,(H,19,22)(H,20,21). The van der Waals surface area contributed by atoms with E-state index in [4.69, 9.17) is 4.74 Å². The minimum Gasteiger partial charge on any atom is -0.473 e. The first-order chi connectivity index (χ1) is 11.2. The number of hydrogen-bond acceptors (Lipinski definition) is 4. The summed E-state index contributed by atoms with van der Waals surface area (Å²) in [4.78, 5) is 27.3.